The number of aliphatic hydroxyl groups excluding tert-OH is 1. The van der Waals surface area contributed by atoms with Crippen molar-refractivity contribution in [1.29, 1.82) is 0 Å². The van der Waals surface area contributed by atoms with E-state index < -0.39 is 49.0 Å². The maximum atomic E-state index is 12.8. The molecule has 4 nitrogen and oxygen atoms in total. The van der Waals surface area contributed by atoms with Crippen molar-refractivity contribution in [2.45, 2.75) is 43.0 Å². The van der Waals surface area contributed by atoms with E-state index >= 15 is 0 Å². The Balaban J connectivity index is 4.87. The van der Waals surface area contributed by atoms with E-state index in [-0.39, 0.29) is 0 Å². The highest BCUT2D eigenvalue weighted by Crippen LogP contribution is 2.48. The largest absolute Gasteiger partial charge is 0.480 e. The van der Waals surface area contributed by atoms with Gasteiger partial charge in [0, 0.05) is 0 Å². The zero-order valence-corrected chi connectivity index (χ0v) is 9.09. The second-order valence-electron chi connectivity index (χ2n) is 3.73. The number of carboxylic acid groups (broad SMARTS) is 1. The van der Waals surface area contributed by atoms with E-state index in [4.69, 9.17) is 15.9 Å². The lowest BCUT2D eigenvalue weighted by atomic mass is 9.99. The Hall–Kier alpha value is -1.10. The maximum Gasteiger partial charge on any atom is 0.459 e. The number of alkyl halides is 7. The second-order valence-corrected chi connectivity index (χ2v) is 3.73. The van der Waals surface area contributed by atoms with Crippen LogP contribution >= 0.6 is 0 Å². The first kappa shape index (κ1) is 17.9. The minimum atomic E-state index is -6.55. The number of carbonyl (C=O) groups is 1. The van der Waals surface area contributed by atoms with Crippen molar-refractivity contribution in [1.82, 2.24) is 0 Å². The van der Waals surface area contributed by atoms with Gasteiger partial charge in [-0.1, -0.05) is 0 Å². The molecule has 19 heavy (non-hydrogen) atoms. The molecule has 0 saturated heterocycles. The molecule has 0 bridgehead atoms. The van der Waals surface area contributed by atoms with Crippen LogP contribution in [0.1, 0.15) is 12.8 Å². The van der Waals surface area contributed by atoms with Gasteiger partial charge in [0.25, 0.3) is 0 Å². The fourth-order valence-electron chi connectivity index (χ4n) is 1.04. The maximum absolute atomic E-state index is 12.8. The molecule has 0 aliphatic carbocycles. The monoisotopic (exact) mass is 301 g/mol. The number of rotatable bonds is 6. The van der Waals surface area contributed by atoms with Crippen molar-refractivity contribution in [3.63, 3.8) is 0 Å². The lowest BCUT2D eigenvalue weighted by Gasteiger charge is -2.31. The molecule has 4 N–H and O–H groups in total. The summed E-state index contributed by atoms with van der Waals surface area (Å²) in [6.45, 7) is 0. The summed E-state index contributed by atoms with van der Waals surface area (Å²) < 4.78 is 85.9. The molecule has 0 aromatic carbocycles. The summed E-state index contributed by atoms with van der Waals surface area (Å²) in [7, 11) is 0. The zero-order valence-electron chi connectivity index (χ0n) is 9.09. The van der Waals surface area contributed by atoms with Crippen molar-refractivity contribution in [2.24, 2.45) is 5.73 Å². The van der Waals surface area contributed by atoms with Gasteiger partial charge < -0.3 is 15.9 Å². The van der Waals surface area contributed by atoms with Crippen molar-refractivity contribution < 1.29 is 45.7 Å². The summed E-state index contributed by atoms with van der Waals surface area (Å²) in [6.07, 6.45) is -12.1. The Morgan fingerprint density at radius 2 is 1.47 bits per heavy atom. The van der Waals surface area contributed by atoms with Crippen LogP contribution in [-0.4, -0.2) is 46.3 Å². The van der Waals surface area contributed by atoms with Crippen LogP contribution < -0.4 is 5.73 Å². The first-order valence-electron chi connectivity index (χ1n) is 4.74. The lowest BCUT2D eigenvalue weighted by molar-refractivity contribution is -0.371. The van der Waals surface area contributed by atoms with Crippen molar-refractivity contribution in [2.75, 3.05) is 0 Å². The molecule has 0 unspecified atom stereocenters. The predicted molar refractivity (Wildman–Crippen MR) is 46.8 cm³/mol. The lowest BCUT2D eigenvalue weighted by Crippen LogP contribution is -2.58. The zero-order chi connectivity index (χ0) is 15.6. The van der Waals surface area contributed by atoms with Crippen LogP contribution in [0.3, 0.4) is 0 Å². The fraction of sp³-hybridized carbons (Fsp3) is 0.875. The van der Waals surface area contributed by atoms with Gasteiger partial charge in [-0.25, -0.2) is 0 Å². The van der Waals surface area contributed by atoms with E-state index in [9.17, 15) is 35.5 Å². The molecule has 0 amide bonds. The van der Waals surface area contributed by atoms with Gasteiger partial charge >= 0.3 is 24.0 Å². The Bertz CT molecular complexity index is 331. The summed E-state index contributed by atoms with van der Waals surface area (Å²) >= 11 is 0. The summed E-state index contributed by atoms with van der Waals surface area (Å²) in [4.78, 5) is 10.2. The molecule has 0 rings (SSSR count). The fourth-order valence-corrected chi connectivity index (χ4v) is 1.04. The van der Waals surface area contributed by atoms with Crippen LogP contribution in [0.4, 0.5) is 30.7 Å². The summed E-state index contributed by atoms with van der Waals surface area (Å²) in [5.41, 5.74) is 4.84. The number of nitrogens with two attached hydrogens (primary N) is 1. The van der Waals surface area contributed by atoms with Gasteiger partial charge in [-0.2, -0.15) is 30.7 Å². The highest BCUT2D eigenvalue weighted by atomic mass is 19.4. The van der Waals surface area contributed by atoms with E-state index in [1.807, 2.05) is 0 Å². The first-order valence-corrected chi connectivity index (χ1v) is 4.74. The third-order valence-corrected chi connectivity index (χ3v) is 2.26. The summed E-state index contributed by atoms with van der Waals surface area (Å²) in [5.74, 6) is -13.9. The van der Waals surface area contributed by atoms with E-state index in [1.54, 1.807) is 0 Å². The Morgan fingerprint density at radius 1 is 1.05 bits per heavy atom. The van der Waals surface area contributed by atoms with Crippen LogP contribution in [0.2, 0.25) is 0 Å². The van der Waals surface area contributed by atoms with Crippen molar-refractivity contribution in [3.05, 3.63) is 0 Å². The highest BCUT2D eigenvalue weighted by molar-refractivity contribution is 5.72. The van der Waals surface area contributed by atoms with Crippen LogP contribution in [-0.2, 0) is 4.79 Å². The number of halogens is 7. The molecule has 0 aromatic heterocycles. The number of aliphatic carboxylic acids is 1. The van der Waals surface area contributed by atoms with Crippen LogP contribution in [0, 0.1) is 0 Å². The van der Waals surface area contributed by atoms with Gasteiger partial charge in [-0.3, -0.25) is 4.79 Å². The van der Waals surface area contributed by atoms with Gasteiger partial charge in [-0.05, 0) is 12.8 Å². The Morgan fingerprint density at radius 3 is 1.79 bits per heavy atom. The number of aliphatic hydroxyl groups is 1. The van der Waals surface area contributed by atoms with Crippen LogP contribution in [0.5, 0.6) is 0 Å². The number of carboxylic acids is 1. The van der Waals surface area contributed by atoms with Gasteiger partial charge in [-0.15, -0.1) is 0 Å². The standard InChI is InChI=1S/C8H10F7NO3/c9-6(10,7(11,12)8(13,14)15)4(17)2-1-3(16)5(18)19/h3-4,17H,1-2,16H2,(H,18,19)/t3-,4-/m0/s1. The van der Waals surface area contributed by atoms with E-state index in [0.29, 0.717) is 0 Å². The number of hydrogen-bond donors (Lipinski definition) is 3. The predicted octanol–water partition coefficient (Wildman–Crippen LogP) is 1.37. The SMILES string of the molecule is N[C@@H](CC[C@H](O)C(F)(F)C(F)(F)C(F)(F)F)C(=O)O. The molecular formula is C8H10F7NO3. The van der Waals surface area contributed by atoms with Gasteiger partial charge in [0.15, 0.2) is 0 Å². The molecule has 114 valence electrons. The Labute approximate surface area is 102 Å². The number of hydrogen-bond acceptors (Lipinski definition) is 3. The quantitative estimate of drug-likeness (QED) is 0.647. The molecular weight excluding hydrogens is 291 g/mol. The average Bonchev–Trinajstić information content (AvgIpc) is 2.22. The molecule has 0 spiro atoms. The van der Waals surface area contributed by atoms with E-state index in [0.717, 1.165) is 0 Å². The summed E-state index contributed by atoms with van der Waals surface area (Å²) in [6, 6.07) is -1.76. The third-order valence-electron chi connectivity index (χ3n) is 2.26. The van der Waals surface area contributed by atoms with Gasteiger partial charge in [0.05, 0.1) is 0 Å². The molecule has 0 saturated carbocycles. The minimum absolute atomic E-state index is 0.889. The summed E-state index contributed by atoms with van der Waals surface area (Å²) in [5, 5.41) is 17.0. The topological polar surface area (TPSA) is 83.5 Å². The molecule has 0 fully saturated rings. The molecule has 0 aliphatic heterocycles. The van der Waals surface area contributed by atoms with Crippen molar-refractivity contribution in [3.8, 4) is 0 Å². The van der Waals surface area contributed by atoms with Crippen LogP contribution in [0.25, 0.3) is 0 Å². The second kappa shape index (κ2) is 5.49. The normalized spacial score (nSPS) is 17.1. The molecule has 2 atom stereocenters. The van der Waals surface area contributed by atoms with Gasteiger partial charge in [0.1, 0.15) is 12.1 Å². The van der Waals surface area contributed by atoms with E-state index in [1.165, 1.54) is 0 Å². The smallest absolute Gasteiger partial charge is 0.459 e. The molecule has 11 heteroatoms. The molecule has 0 heterocycles. The van der Waals surface area contributed by atoms with E-state index in [2.05, 4.69) is 0 Å². The molecule has 0 aromatic rings. The van der Waals surface area contributed by atoms with Crippen molar-refractivity contribution >= 4 is 5.97 Å². The minimum Gasteiger partial charge on any atom is -0.480 e. The third kappa shape index (κ3) is 3.69. The molecule has 0 aliphatic rings. The first-order chi connectivity index (χ1) is 8.25. The molecule has 0 radical (unpaired) electrons. The Kier molecular flexibility index (Phi) is 5.17. The average molecular weight is 301 g/mol. The highest BCUT2D eigenvalue weighted by Gasteiger charge is 2.75. The van der Waals surface area contributed by atoms with Crippen LogP contribution in [0.15, 0.2) is 0 Å². The van der Waals surface area contributed by atoms with Gasteiger partial charge in [0.2, 0.25) is 0 Å².